The Labute approximate surface area is 141 Å². The predicted molar refractivity (Wildman–Crippen MR) is 90.7 cm³/mol. The first-order valence-electron chi connectivity index (χ1n) is 7.42. The quantitative estimate of drug-likeness (QED) is 0.730. The van der Waals surface area contributed by atoms with Gasteiger partial charge in [-0.1, -0.05) is 18.2 Å². The fraction of sp³-hybridized carbons (Fsp3) is 0.250. The molecule has 0 saturated carbocycles. The van der Waals surface area contributed by atoms with Gasteiger partial charge in [-0.3, -0.25) is 4.98 Å². The molecule has 2 aromatic rings. The highest BCUT2D eigenvalue weighted by Gasteiger charge is 2.11. The number of urea groups is 1. The lowest BCUT2D eigenvalue weighted by Crippen LogP contribution is -2.38. The molecule has 0 spiro atoms. The van der Waals surface area contributed by atoms with Crippen molar-refractivity contribution in [2.75, 3.05) is 6.54 Å². The average Bonchev–Trinajstić information content (AvgIpc) is 2.55. The van der Waals surface area contributed by atoms with Gasteiger partial charge in [0.25, 0.3) is 0 Å². The van der Waals surface area contributed by atoms with Crippen molar-refractivity contribution in [3.05, 3.63) is 59.9 Å². The van der Waals surface area contributed by atoms with E-state index in [0.29, 0.717) is 13.0 Å². The number of nitrogens with two attached hydrogens (primary N) is 1. The van der Waals surface area contributed by atoms with Crippen LogP contribution >= 0.6 is 0 Å². The zero-order valence-corrected chi connectivity index (χ0v) is 14.1. The summed E-state index contributed by atoms with van der Waals surface area (Å²) in [4.78, 5) is 15.9. The Bertz CT molecular complexity index is 777. The number of pyridine rings is 1. The van der Waals surface area contributed by atoms with E-state index in [9.17, 15) is 13.2 Å². The number of primary sulfonamides is 1. The molecule has 2 amide bonds. The largest absolute Gasteiger partial charge is 0.338 e. The second-order valence-corrected chi connectivity index (χ2v) is 6.91. The SMILES string of the molecule is C[C@H](NC(=O)NCCc1cccnc1)c1ccc(S(N)(=O)=O)cc1. The van der Waals surface area contributed by atoms with Crippen LogP contribution in [0.25, 0.3) is 0 Å². The summed E-state index contributed by atoms with van der Waals surface area (Å²) in [5, 5.41) is 10.6. The fourth-order valence-electron chi connectivity index (χ4n) is 2.14. The van der Waals surface area contributed by atoms with Crippen molar-refractivity contribution in [2.45, 2.75) is 24.3 Å². The molecular formula is C16H20N4O3S. The number of rotatable bonds is 6. The summed E-state index contributed by atoms with van der Waals surface area (Å²) >= 11 is 0. The smallest absolute Gasteiger partial charge is 0.315 e. The van der Waals surface area contributed by atoms with Crippen LogP contribution in [0, 0.1) is 0 Å². The minimum Gasteiger partial charge on any atom is -0.338 e. The maximum Gasteiger partial charge on any atom is 0.315 e. The van der Waals surface area contributed by atoms with E-state index in [1.807, 2.05) is 19.1 Å². The zero-order chi connectivity index (χ0) is 17.6. The van der Waals surface area contributed by atoms with Crippen LogP contribution in [0.4, 0.5) is 4.79 Å². The molecule has 1 heterocycles. The molecule has 128 valence electrons. The number of aromatic nitrogens is 1. The lowest BCUT2D eigenvalue weighted by Gasteiger charge is -2.15. The van der Waals surface area contributed by atoms with E-state index in [4.69, 9.17) is 5.14 Å². The number of amides is 2. The molecule has 0 unspecified atom stereocenters. The van der Waals surface area contributed by atoms with Gasteiger partial charge in [-0.25, -0.2) is 18.4 Å². The highest BCUT2D eigenvalue weighted by molar-refractivity contribution is 7.89. The van der Waals surface area contributed by atoms with Gasteiger partial charge in [-0.15, -0.1) is 0 Å². The fourth-order valence-corrected chi connectivity index (χ4v) is 2.66. The highest BCUT2D eigenvalue weighted by Crippen LogP contribution is 2.15. The van der Waals surface area contributed by atoms with Gasteiger partial charge in [0.15, 0.2) is 0 Å². The number of carbonyl (C=O) groups is 1. The third-order valence-corrected chi connectivity index (χ3v) is 4.41. The molecule has 8 heteroatoms. The third-order valence-electron chi connectivity index (χ3n) is 3.48. The van der Waals surface area contributed by atoms with Crippen LogP contribution in [0.3, 0.4) is 0 Å². The summed E-state index contributed by atoms with van der Waals surface area (Å²) in [6.07, 6.45) is 4.15. The minimum atomic E-state index is -3.71. The standard InChI is InChI=1S/C16H20N4O3S/c1-12(14-4-6-15(7-5-14)24(17,22)23)20-16(21)19-10-8-13-3-2-9-18-11-13/h2-7,9,11-12H,8,10H2,1H3,(H2,17,22,23)(H2,19,20,21)/t12-/m0/s1. The molecule has 0 aliphatic carbocycles. The van der Waals surface area contributed by atoms with Crippen LogP contribution in [-0.4, -0.2) is 26.0 Å². The lowest BCUT2D eigenvalue weighted by atomic mass is 10.1. The molecule has 0 aliphatic heterocycles. The third kappa shape index (κ3) is 5.32. The molecule has 0 fully saturated rings. The Morgan fingerprint density at radius 3 is 2.54 bits per heavy atom. The van der Waals surface area contributed by atoms with E-state index in [1.54, 1.807) is 24.5 Å². The molecular weight excluding hydrogens is 328 g/mol. The van der Waals surface area contributed by atoms with E-state index in [2.05, 4.69) is 15.6 Å². The predicted octanol–water partition coefficient (Wildman–Crippen LogP) is 1.33. The first-order chi connectivity index (χ1) is 11.4. The van der Waals surface area contributed by atoms with Crippen LogP contribution < -0.4 is 15.8 Å². The van der Waals surface area contributed by atoms with Crippen LogP contribution in [0.5, 0.6) is 0 Å². The van der Waals surface area contributed by atoms with Crippen LogP contribution in [0.15, 0.2) is 53.7 Å². The molecule has 1 aromatic carbocycles. The summed E-state index contributed by atoms with van der Waals surface area (Å²) in [6.45, 7) is 2.31. The maximum absolute atomic E-state index is 11.9. The minimum absolute atomic E-state index is 0.0411. The summed E-state index contributed by atoms with van der Waals surface area (Å²) < 4.78 is 22.4. The summed E-state index contributed by atoms with van der Waals surface area (Å²) in [7, 11) is -3.71. The maximum atomic E-state index is 11.9. The van der Waals surface area contributed by atoms with Gasteiger partial charge in [0.05, 0.1) is 10.9 Å². The molecule has 24 heavy (non-hydrogen) atoms. The Morgan fingerprint density at radius 1 is 1.25 bits per heavy atom. The van der Waals surface area contributed by atoms with Crippen LogP contribution in [0.1, 0.15) is 24.1 Å². The number of sulfonamides is 1. The number of nitrogens with zero attached hydrogens (tertiary/aromatic N) is 1. The Kier molecular flexibility index (Phi) is 5.88. The van der Waals surface area contributed by atoms with Gasteiger partial charge in [0.1, 0.15) is 0 Å². The summed E-state index contributed by atoms with van der Waals surface area (Å²) in [5.74, 6) is 0. The van der Waals surface area contributed by atoms with Crippen molar-refractivity contribution in [1.29, 1.82) is 0 Å². The van der Waals surface area contributed by atoms with Gasteiger partial charge < -0.3 is 10.6 Å². The molecule has 1 aromatic heterocycles. The zero-order valence-electron chi connectivity index (χ0n) is 13.3. The number of nitrogens with one attached hydrogen (secondary N) is 2. The average molecular weight is 348 g/mol. The van der Waals surface area contributed by atoms with Crippen molar-refractivity contribution in [3.8, 4) is 0 Å². The second-order valence-electron chi connectivity index (χ2n) is 5.35. The molecule has 0 radical (unpaired) electrons. The molecule has 0 saturated heterocycles. The molecule has 1 atom stereocenters. The molecule has 7 nitrogen and oxygen atoms in total. The van der Waals surface area contributed by atoms with Crippen LogP contribution in [-0.2, 0) is 16.4 Å². The van der Waals surface area contributed by atoms with E-state index in [0.717, 1.165) is 11.1 Å². The first kappa shape index (κ1) is 17.9. The Morgan fingerprint density at radius 2 is 1.96 bits per heavy atom. The topological polar surface area (TPSA) is 114 Å². The van der Waals surface area contributed by atoms with E-state index in [1.165, 1.54) is 12.1 Å². The van der Waals surface area contributed by atoms with Crippen molar-refractivity contribution in [2.24, 2.45) is 5.14 Å². The van der Waals surface area contributed by atoms with Crippen molar-refractivity contribution < 1.29 is 13.2 Å². The molecule has 4 N–H and O–H groups in total. The molecule has 0 aliphatic rings. The first-order valence-corrected chi connectivity index (χ1v) is 8.97. The number of hydrogen-bond donors (Lipinski definition) is 3. The van der Waals surface area contributed by atoms with Gasteiger partial charge in [-0.05, 0) is 42.7 Å². The number of hydrogen-bond acceptors (Lipinski definition) is 4. The lowest BCUT2D eigenvalue weighted by molar-refractivity contribution is 0.238. The van der Waals surface area contributed by atoms with Crippen molar-refractivity contribution >= 4 is 16.1 Å². The summed E-state index contributed by atoms with van der Waals surface area (Å²) in [5.41, 5.74) is 1.83. The molecule has 0 bridgehead atoms. The Hall–Kier alpha value is -2.45. The number of benzene rings is 1. The van der Waals surface area contributed by atoms with Crippen molar-refractivity contribution in [1.82, 2.24) is 15.6 Å². The monoisotopic (exact) mass is 348 g/mol. The summed E-state index contributed by atoms with van der Waals surface area (Å²) in [6, 6.07) is 9.33. The van der Waals surface area contributed by atoms with E-state index >= 15 is 0 Å². The second kappa shape index (κ2) is 7.89. The van der Waals surface area contributed by atoms with Crippen LogP contribution in [0.2, 0.25) is 0 Å². The van der Waals surface area contributed by atoms with Gasteiger partial charge >= 0.3 is 6.03 Å². The van der Waals surface area contributed by atoms with E-state index in [-0.39, 0.29) is 17.0 Å². The van der Waals surface area contributed by atoms with Gasteiger partial charge in [-0.2, -0.15) is 0 Å². The number of carbonyl (C=O) groups excluding carboxylic acids is 1. The van der Waals surface area contributed by atoms with Gasteiger partial charge in [0.2, 0.25) is 10.0 Å². The van der Waals surface area contributed by atoms with Crippen molar-refractivity contribution in [3.63, 3.8) is 0 Å². The van der Waals surface area contributed by atoms with Gasteiger partial charge in [0, 0.05) is 18.9 Å². The highest BCUT2D eigenvalue weighted by atomic mass is 32.2. The normalized spacial score (nSPS) is 12.4. The van der Waals surface area contributed by atoms with E-state index < -0.39 is 10.0 Å². The molecule has 2 rings (SSSR count). The Balaban J connectivity index is 1.83.